The second kappa shape index (κ2) is 9.56. The Kier molecular flexibility index (Phi) is 6.17. The molecule has 39 heavy (non-hydrogen) atoms. The third-order valence-electron chi connectivity index (χ3n) is 9.34. The number of benzene rings is 3. The van der Waals surface area contributed by atoms with Gasteiger partial charge in [-0.05, 0) is 35.6 Å². The number of carbonyl (C=O) groups is 3. The second-order valence-electron chi connectivity index (χ2n) is 10.9. The quantitative estimate of drug-likeness (QED) is 0.491. The zero-order valence-corrected chi connectivity index (χ0v) is 21.9. The van der Waals surface area contributed by atoms with E-state index in [0.29, 0.717) is 12.3 Å². The summed E-state index contributed by atoms with van der Waals surface area (Å²) in [5.74, 6) is -1.08. The normalized spacial score (nSPS) is 26.4. The van der Waals surface area contributed by atoms with E-state index in [4.69, 9.17) is 4.74 Å². The van der Waals surface area contributed by atoms with E-state index < -0.39 is 23.3 Å². The SMILES string of the molecule is COc1ccccc1CC(=O)N1C[C@H]2[C@@]3(c4ccccc4)CC[C@H](c4ccccc43)[C@@]2(C(=O)NCC(=O)O)C1. The first-order chi connectivity index (χ1) is 18.9. The fraction of sp³-hybridized carbons (Fsp3) is 0.344. The highest BCUT2D eigenvalue weighted by Gasteiger charge is 2.70. The van der Waals surface area contributed by atoms with Crippen LogP contribution in [0, 0.1) is 11.3 Å². The molecular formula is C32H32N2O5. The molecule has 0 aromatic heterocycles. The zero-order valence-electron chi connectivity index (χ0n) is 21.9. The highest BCUT2D eigenvalue weighted by atomic mass is 16.5. The number of carbonyl (C=O) groups excluding carboxylic acids is 2. The number of carboxylic acids is 1. The lowest BCUT2D eigenvalue weighted by atomic mass is 9.42. The molecule has 2 N–H and O–H groups in total. The Bertz CT molecular complexity index is 1440. The molecule has 200 valence electrons. The van der Waals surface area contributed by atoms with Gasteiger partial charge in [0.05, 0.1) is 18.9 Å². The van der Waals surface area contributed by atoms with Crippen molar-refractivity contribution in [3.05, 3.63) is 101 Å². The fourth-order valence-electron chi connectivity index (χ4n) is 7.85. The van der Waals surface area contributed by atoms with Crippen LogP contribution in [0.25, 0.3) is 0 Å². The molecule has 4 aliphatic rings. The van der Waals surface area contributed by atoms with Gasteiger partial charge in [-0.15, -0.1) is 0 Å². The molecule has 3 aromatic carbocycles. The van der Waals surface area contributed by atoms with Crippen molar-refractivity contribution in [3.8, 4) is 5.75 Å². The molecule has 4 atom stereocenters. The van der Waals surface area contributed by atoms with Crippen LogP contribution in [0.15, 0.2) is 78.9 Å². The van der Waals surface area contributed by atoms with E-state index in [1.807, 2.05) is 53.4 Å². The van der Waals surface area contributed by atoms with Gasteiger partial charge in [0.25, 0.3) is 0 Å². The number of carboxylic acid groups (broad SMARTS) is 1. The molecular weight excluding hydrogens is 492 g/mol. The minimum absolute atomic E-state index is 0.0639. The Hall–Kier alpha value is -4.13. The lowest BCUT2D eigenvalue weighted by Crippen LogP contribution is -2.62. The van der Waals surface area contributed by atoms with Crippen LogP contribution in [0.1, 0.15) is 41.0 Å². The van der Waals surface area contributed by atoms with Gasteiger partial charge in [-0.2, -0.15) is 0 Å². The Morgan fingerprint density at radius 2 is 1.72 bits per heavy atom. The number of rotatable bonds is 7. The van der Waals surface area contributed by atoms with Gasteiger partial charge in [0, 0.05) is 35.9 Å². The maximum atomic E-state index is 14.2. The third kappa shape index (κ3) is 3.74. The lowest BCUT2D eigenvalue weighted by Gasteiger charge is -2.60. The average molecular weight is 525 g/mol. The van der Waals surface area contributed by atoms with Gasteiger partial charge >= 0.3 is 5.97 Å². The Morgan fingerprint density at radius 1 is 1.00 bits per heavy atom. The molecule has 2 fully saturated rings. The molecule has 1 aliphatic heterocycles. The number of methoxy groups -OCH3 is 1. The van der Waals surface area contributed by atoms with Gasteiger partial charge in [-0.25, -0.2) is 0 Å². The summed E-state index contributed by atoms with van der Waals surface area (Å²) < 4.78 is 5.49. The van der Waals surface area contributed by atoms with Crippen LogP contribution in [-0.4, -0.2) is 54.5 Å². The summed E-state index contributed by atoms with van der Waals surface area (Å²) in [5, 5.41) is 12.1. The molecule has 1 heterocycles. The lowest BCUT2D eigenvalue weighted by molar-refractivity contribution is -0.144. The maximum absolute atomic E-state index is 14.2. The molecule has 2 bridgehead atoms. The van der Waals surface area contributed by atoms with E-state index in [-0.39, 0.29) is 36.6 Å². The van der Waals surface area contributed by atoms with E-state index in [1.165, 1.54) is 5.56 Å². The smallest absolute Gasteiger partial charge is 0.322 e. The topological polar surface area (TPSA) is 95.9 Å². The average Bonchev–Trinajstić information content (AvgIpc) is 3.41. The summed E-state index contributed by atoms with van der Waals surface area (Å²) in [6, 6.07) is 26.1. The van der Waals surface area contributed by atoms with E-state index in [2.05, 4.69) is 35.6 Å². The first-order valence-electron chi connectivity index (χ1n) is 13.5. The molecule has 7 rings (SSSR count). The van der Waals surface area contributed by atoms with Crippen molar-refractivity contribution in [3.63, 3.8) is 0 Å². The minimum Gasteiger partial charge on any atom is -0.496 e. The molecule has 3 aliphatic carbocycles. The van der Waals surface area contributed by atoms with Gasteiger partial charge in [-0.1, -0.05) is 72.8 Å². The van der Waals surface area contributed by atoms with Crippen molar-refractivity contribution >= 4 is 17.8 Å². The number of amides is 2. The van der Waals surface area contributed by atoms with E-state index in [1.54, 1.807) is 7.11 Å². The highest BCUT2D eigenvalue weighted by molar-refractivity contribution is 5.91. The van der Waals surface area contributed by atoms with Gasteiger partial charge < -0.3 is 20.1 Å². The largest absolute Gasteiger partial charge is 0.496 e. The standard InChI is InChI=1S/C32H32N2O5/c1-39-26-14-8-5-9-21(26)17-28(35)34-19-27-31(22-10-3-2-4-11-22)16-15-25(23-12-6-7-13-24(23)31)32(27,20-34)30(38)33-18-29(36)37/h2-14,25,27H,15-20H2,1H3,(H,33,38)(H,36,37)/t25-,27+,31-,32+/m1/s1. The summed E-state index contributed by atoms with van der Waals surface area (Å²) >= 11 is 0. The van der Waals surface area contributed by atoms with Crippen molar-refractivity contribution < 1.29 is 24.2 Å². The van der Waals surface area contributed by atoms with Crippen LogP contribution in [0.4, 0.5) is 0 Å². The van der Waals surface area contributed by atoms with Gasteiger partial charge in [0.15, 0.2) is 0 Å². The summed E-state index contributed by atoms with van der Waals surface area (Å²) in [7, 11) is 1.59. The molecule has 0 unspecified atom stereocenters. The maximum Gasteiger partial charge on any atom is 0.322 e. The van der Waals surface area contributed by atoms with Gasteiger partial charge in [0.1, 0.15) is 12.3 Å². The fourth-order valence-corrected chi connectivity index (χ4v) is 7.85. The highest BCUT2D eigenvalue weighted by Crippen LogP contribution is 2.68. The summed E-state index contributed by atoms with van der Waals surface area (Å²) in [4.78, 5) is 41.3. The number of nitrogens with one attached hydrogen (secondary N) is 1. The molecule has 2 amide bonds. The Balaban J connectivity index is 1.47. The zero-order chi connectivity index (χ0) is 27.2. The van der Waals surface area contributed by atoms with Crippen LogP contribution in [0.3, 0.4) is 0 Å². The number of para-hydroxylation sites is 1. The van der Waals surface area contributed by atoms with Crippen molar-refractivity contribution in [2.24, 2.45) is 11.3 Å². The number of hydrogen-bond acceptors (Lipinski definition) is 4. The minimum atomic E-state index is -1.09. The van der Waals surface area contributed by atoms with Crippen LogP contribution in [-0.2, 0) is 26.2 Å². The first-order valence-corrected chi connectivity index (χ1v) is 13.5. The number of aliphatic carboxylic acids is 1. The van der Waals surface area contributed by atoms with Gasteiger partial charge in [-0.3, -0.25) is 14.4 Å². The summed E-state index contributed by atoms with van der Waals surface area (Å²) in [5.41, 5.74) is 2.89. The van der Waals surface area contributed by atoms with E-state index in [9.17, 15) is 19.5 Å². The third-order valence-corrected chi connectivity index (χ3v) is 9.34. The number of ether oxygens (including phenoxy) is 1. The van der Waals surface area contributed by atoms with Crippen molar-refractivity contribution in [1.82, 2.24) is 10.2 Å². The van der Waals surface area contributed by atoms with Crippen LogP contribution in [0.5, 0.6) is 5.75 Å². The van der Waals surface area contributed by atoms with Gasteiger partial charge in [0.2, 0.25) is 11.8 Å². The first kappa shape index (κ1) is 25.2. The van der Waals surface area contributed by atoms with E-state index >= 15 is 0 Å². The predicted molar refractivity (Wildman–Crippen MR) is 145 cm³/mol. The molecule has 0 radical (unpaired) electrons. The molecule has 7 nitrogen and oxygen atoms in total. The van der Waals surface area contributed by atoms with Crippen LogP contribution >= 0.6 is 0 Å². The van der Waals surface area contributed by atoms with Crippen molar-refractivity contribution in [2.45, 2.75) is 30.6 Å². The number of likely N-dealkylation sites (tertiary alicyclic amines) is 1. The van der Waals surface area contributed by atoms with Crippen LogP contribution in [0.2, 0.25) is 0 Å². The molecule has 1 saturated heterocycles. The number of hydrogen-bond donors (Lipinski definition) is 2. The van der Waals surface area contributed by atoms with E-state index in [0.717, 1.165) is 29.5 Å². The molecule has 1 saturated carbocycles. The molecule has 7 heteroatoms. The van der Waals surface area contributed by atoms with Crippen LogP contribution < -0.4 is 10.1 Å². The summed E-state index contributed by atoms with van der Waals surface area (Å²) in [6.07, 6.45) is 1.82. The Morgan fingerprint density at radius 3 is 2.49 bits per heavy atom. The molecule has 0 spiro atoms. The number of nitrogens with zero attached hydrogens (tertiary/aromatic N) is 1. The second-order valence-corrected chi connectivity index (χ2v) is 10.9. The summed E-state index contributed by atoms with van der Waals surface area (Å²) in [6.45, 7) is 0.230. The van der Waals surface area contributed by atoms with Crippen molar-refractivity contribution in [1.29, 1.82) is 0 Å². The number of fused-ring (bicyclic) bond motifs is 1. The van der Waals surface area contributed by atoms with Crippen molar-refractivity contribution in [2.75, 3.05) is 26.7 Å². The predicted octanol–water partition coefficient (Wildman–Crippen LogP) is 3.76. The monoisotopic (exact) mass is 524 g/mol. The molecule has 3 aromatic rings. The Labute approximate surface area is 227 Å².